The summed E-state index contributed by atoms with van der Waals surface area (Å²) in [7, 11) is 5.10. The lowest BCUT2D eigenvalue weighted by molar-refractivity contribution is -0.605. The maximum atomic E-state index is 13.7. The predicted molar refractivity (Wildman–Crippen MR) is 188 cm³/mol. The molecule has 2 atom stereocenters. The number of nitrogens with one attached hydrogen (secondary N) is 1. The van der Waals surface area contributed by atoms with Crippen LogP contribution in [-0.4, -0.2) is 57.3 Å². The Balaban J connectivity index is 1.34. The minimum Gasteiger partial charge on any atom is -0.619 e. The summed E-state index contributed by atoms with van der Waals surface area (Å²) in [5.74, 6) is 0.0464. The fraction of sp³-hybridized carbons (Fsp3) is 0.361. The molecule has 1 fully saturated rings. The lowest BCUT2D eigenvalue weighted by atomic mass is 9.91. The topological polar surface area (TPSA) is 113 Å². The van der Waals surface area contributed by atoms with E-state index in [2.05, 4.69) is 17.3 Å². The number of ether oxygens (including phenoxy) is 4. The predicted octanol–water partition coefficient (Wildman–Crippen LogP) is 6.49. The zero-order valence-corrected chi connectivity index (χ0v) is 30.1. The number of rotatable bonds is 13. The molecule has 1 saturated heterocycles. The summed E-state index contributed by atoms with van der Waals surface area (Å²) >= 11 is 14.0. The normalized spacial score (nSPS) is 15.6. The van der Waals surface area contributed by atoms with Gasteiger partial charge >= 0.3 is 11.9 Å². The largest absolute Gasteiger partial charge is 0.619 e. The van der Waals surface area contributed by atoms with Crippen LogP contribution in [0.5, 0.6) is 11.5 Å². The molecule has 10 nitrogen and oxygen atoms in total. The first kappa shape index (κ1) is 36.4. The van der Waals surface area contributed by atoms with Crippen LogP contribution in [0.1, 0.15) is 57.1 Å². The Bertz CT molecular complexity index is 1740. The van der Waals surface area contributed by atoms with Gasteiger partial charge in [0.25, 0.3) is 0 Å². The summed E-state index contributed by atoms with van der Waals surface area (Å²) in [4.78, 5) is 30.7. The van der Waals surface area contributed by atoms with Gasteiger partial charge in [0.2, 0.25) is 0 Å². The summed E-state index contributed by atoms with van der Waals surface area (Å²) in [6.07, 6.45) is 3.07. The van der Waals surface area contributed by atoms with Crippen molar-refractivity contribution in [3.05, 3.63) is 115 Å². The second kappa shape index (κ2) is 16.2. The van der Waals surface area contributed by atoms with Crippen molar-refractivity contribution < 1.29 is 33.3 Å². The maximum Gasteiger partial charge on any atom is 0.348 e. The average Bonchev–Trinajstić information content (AvgIpc) is 3.58. The van der Waals surface area contributed by atoms with Crippen molar-refractivity contribution in [2.75, 3.05) is 34.4 Å². The highest BCUT2D eigenvalue weighted by atomic mass is 35.5. The average molecular weight is 729 g/mol. The number of halogens is 2. The van der Waals surface area contributed by atoms with Gasteiger partial charge in [-0.15, -0.1) is 11.3 Å². The molecule has 13 heteroatoms. The number of carbonyl (C=O) groups excluding carboxylic acids is 2. The number of hydrogen-bond acceptors (Lipinski definition) is 10. The number of likely N-dealkylation sites (tertiary alicyclic amines) is 1. The zero-order chi connectivity index (χ0) is 35.1. The number of piperidine rings is 1. The van der Waals surface area contributed by atoms with Gasteiger partial charge in [0.05, 0.1) is 14.2 Å². The van der Waals surface area contributed by atoms with Crippen molar-refractivity contribution >= 4 is 46.5 Å². The zero-order valence-electron chi connectivity index (χ0n) is 27.7. The van der Waals surface area contributed by atoms with E-state index in [0.717, 1.165) is 36.4 Å². The first-order valence-corrected chi connectivity index (χ1v) is 17.4. The summed E-state index contributed by atoms with van der Waals surface area (Å²) in [6, 6.07) is 18.2. The van der Waals surface area contributed by atoms with Crippen LogP contribution in [0, 0.1) is 5.21 Å². The lowest BCUT2D eigenvalue weighted by Gasteiger charge is -2.34. The number of benzene rings is 2. The third-order valence-electron chi connectivity index (χ3n) is 8.65. The van der Waals surface area contributed by atoms with E-state index in [-0.39, 0.29) is 28.5 Å². The maximum absolute atomic E-state index is 13.7. The molecule has 1 unspecified atom stereocenters. The van der Waals surface area contributed by atoms with E-state index in [0.29, 0.717) is 38.8 Å². The number of pyridine rings is 1. The van der Waals surface area contributed by atoms with Crippen molar-refractivity contribution in [3.63, 3.8) is 0 Å². The van der Waals surface area contributed by atoms with E-state index >= 15 is 0 Å². The van der Waals surface area contributed by atoms with Gasteiger partial charge in [0.1, 0.15) is 32.7 Å². The number of esters is 2. The van der Waals surface area contributed by atoms with Crippen LogP contribution in [0.3, 0.4) is 0 Å². The van der Waals surface area contributed by atoms with E-state index in [1.54, 1.807) is 24.3 Å². The minimum atomic E-state index is -1.12. The minimum absolute atomic E-state index is 0.0916. The second-order valence-electron chi connectivity index (χ2n) is 12.0. The van der Waals surface area contributed by atoms with Gasteiger partial charge in [0.15, 0.2) is 23.9 Å². The molecule has 49 heavy (non-hydrogen) atoms. The quantitative estimate of drug-likeness (QED) is 0.0939. The monoisotopic (exact) mass is 727 g/mol. The van der Waals surface area contributed by atoms with Gasteiger partial charge in [-0.25, -0.2) is 9.59 Å². The molecule has 0 bridgehead atoms. The van der Waals surface area contributed by atoms with Crippen LogP contribution >= 0.6 is 34.5 Å². The molecule has 0 radical (unpaired) electrons. The van der Waals surface area contributed by atoms with Gasteiger partial charge in [-0.2, -0.15) is 4.73 Å². The Morgan fingerprint density at radius 3 is 2.35 bits per heavy atom. The Labute approximate surface area is 300 Å². The molecular formula is C36H39Cl2N3O7S. The number of thiophene rings is 1. The third kappa shape index (κ3) is 8.84. The number of hydrogen-bond donors (Lipinski definition) is 1. The van der Waals surface area contributed by atoms with Crippen molar-refractivity contribution in [1.29, 1.82) is 0 Å². The number of aromatic nitrogens is 1. The molecule has 0 spiro atoms. The van der Waals surface area contributed by atoms with Crippen LogP contribution in [0.4, 0.5) is 0 Å². The van der Waals surface area contributed by atoms with Crippen molar-refractivity contribution in [2.45, 2.75) is 50.5 Å². The Hall–Kier alpha value is -3.87. The summed E-state index contributed by atoms with van der Waals surface area (Å²) in [5, 5.41) is 15.6. The standard InChI is InChI=1S/C36H39Cl2N3O7S/c1-36(24-8-6-5-7-9-24,35(43)47-25-14-16-40(2)17-15-25)39-20-26-11-13-33(49-26)34(42)48-31(19-27-28(37)21-41(44)22-29(27)38)23-10-12-30(45-3)32(18-23)46-4/h5-13,18,21-22,25,31,39H,14-17,19-20H2,1-4H3/t31-,36?/m0/s1. The fourth-order valence-corrected chi connectivity index (χ4v) is 7.09. The van der Waals surface area contributed by atoms with E-state index in [4.69, 9.17) is 42.1 Å². The summed E-state index contributed by atoms with van der Waals surface area (Å²) < 4.78 is 23.5. The molecule has 4 aromatic rings. The van der Waals surface area contributed by atoms with Gasteiger partial charge in [-0.3, -0.25) is 5.32 Å². The lowest BCUT2D eigenvalue weighted by Crippen LogP contribution is -2.49. The van der Waals surface area contributed by atoms with Crippen molar-refractivity contribution in [2.24, 2.45) is 0 Å². The van der Waals surface area contributed by atoms with Gasteiger partial charge in [0, 0.05) is 36.5 Å². The molecule has 3 heterocycles. The van der Waals surface area contributed by atoms with Crippen molar-refractivity contribution in [1.82, 2.24) is 10.2 Å². The molecular weight excluding hydrogens is 689 g/mol. The van der Waals surface area contributed by atoms with Gasteiger partial charge in [-0.05, 0) is 62.2 Å². The molecule has 2 aromatic heterocycles. The Kier molecular flexibility index (Phi) is 12.1. The van der Waals surface area contributed by atoms with Crippen LogP contribution in [0.2, 0.25) is 10.0 Å². The molecule has 0 amide bonds. The van der Waals surface area contributed by atoms with E-state index in [9.17, 15) is 14.8 Å². The summed E-state index contributed by atoms with van der Waals surface area (Å²) in [6.45, 7) is 3.87. The van der Waals surface area contributed by atoms with Gasteiger partial charge in [-0.1, -0.05) is 59.6 Å². The van der Waals surface area contributed by atoms with Crippen LogP contribution in [0.25, 0.3) is 0 Å². The van der Waals surface area contributed by atoms with E-state index in [1.165, 1.54) is 38.0 Å². The molecule has 0 aliphatic carbocycles. The number of methoxy groups -OCH3 is 2. The third-order valence-corrected chi connectivity index (χ3v) is 10.4. The van der Waals surface area contributed by atoms with Gasteiger partial charge < -0.3 is 29.1 Å². The highest BCUT2D eigenvalue weighted by Crippen LogP contribution is 2.36. The molecule has 5 rings (SSSR count). The second-order valence-corrected chi connectivity index (χ2v) is 14.0. The Morgan fingerprint density at radius 1 is 1.02 bits per heavy atom. The highest BCUT2D eigenvalue weighted by Gasteiger charge is 2.38. The van der Waals surface area contributed by atoms with E-state index < -0.39 is 17.6 Å². The molecule has 1 aliphatic heterocycles. The first-order valence-electron chi connectivity index (χ1n) is 15.8. The van der Waals surface area contributed by atoms with E-state index in [1.807, 2.05) is 43.3 Å². The summed E-state index contributed by atoms with van der Waals surface area (Å²) in [5.41, 5.74) is 0.718. The van der Waals surface area contributed by atoms with Crippen molar-refractivity contribution in [3.8, 4) is 11.5 Å². The SMILES string of the molecule is COc1ccc([C@H](Cc2c(Cl)c[n+]([O-])cc2Cl)OC(=O)c2ccc(CNC(C)(C(=O)OC3CCN(C)CC3)c3ccccc3)s2)cc1OC. The molecule has 260 valence electrons. The molecule has 1 N–H and O–H groups in total. The smallest absolute Gasteiger partial charge is 0.348 e. The highest BCUT2D eigenvalue weighted by molar-refractivity contribution is 7.13. The van der Waals surface area contributed by atoms with Crippen LogP contribution in [-0.2, 0) is 32.8 Å². The number of carbonyl (C=O) groups is 2. The molecule has 0 saturated carbocycles. The van der Waals surface area contributed by atoms with Crippen LogP contribution < -0.4 is 19.5 Å². The fourth-order valence-electron chi connectivity index (χ4n) is 5.66. The Morgan fingerprint density at radius 2 is 1.69 bits per heavy atom. The molecule has 1 aliphatic rings. The van der Waals surface area contributed by atoms with Crippen LogP contribution in [0.15, 0.2) is 73.1 Å². The number of nitrogens with zero attached hydrogens (tertiary/aromatic N) is 2. The molecule has 2 aromatic carbocycles. The first-order chi connectivity index (χ1) is 23.5.